The van der Waals surface area contributed by atoms with Gasteiger partial charge < -0.3 is 13.6 Å². The number of carbonyl (C=O) groups is 1. The topological polar surface area (TPSA) is 48.7 Å². The number of Topliss-reactive ketones (excluding diaryl/α,β-unsaturated/α-hetero) is 1. The van der Waals surface area contributed by atoms with Crippen LogP contribution in [0.1, 0.15) is 109 Å². The molecular formula is C43H64Cl2O4Si2. The minimum Gasteiger partial charge on any atom is -0.474 e. The fourth-order valence-corrected chi connectivity index (χ4v) is 12.2. The van der Waals surface area contributed by atoms with Gasteiger partial charge in [0.25, 0.3) is 0 Å². The summed E-state index contributed by atoms with van der Waals surface area (Å²) >= 11 is 14.6. The SMILES string of the molecule is C=CC[C@@H]1[C@H]2c3coc([Si](C)(C)C(C)(C)C)c3C[C@@]3(CC(=O)C3(Cl)Cl)C(=C[C@H]1CCCCCCOCc1ccccc1)[C@@H]2O[Si](C)(C)C(C)(C)C. The molecule has 2 bridgehead atoms. The third kappa shape index (κ3) is 7.63. The Labute approximate surface area is 321 Å². The normalized spacial score (nSPS) is 26.4. The van der Waals surface area contributed by atoms with Crippen molar-refractivity contribution in [3.63, 3.8) is 0 Å². The average molecular weight is 772 g/mol. The smallest absolute Gasteiger partial charge is 0.192 e. The summed E-state index contributed by atoms with van der Waals surface area (Å²) in [6, 6.07) is 10.4. The fourth-order valence-electron chi connectivity index (χ4n) is 8.34. The Balaban J connectivity index is 1.52. The molecule has 5 atom stereocenters. The highest BCUT2D eigenvalue weighted by Crippen LogP contribution is 2.67. The Morgan fingerprint density at radius 1 is 0.961 bits per heavy atom. The molecule has 5 rings (SSSR count). The fraction of sp³-hybridized carbons (Fsp3) is 0.651. The number of ketones is 1. The second-order valence-electron chi connectivity index (χ2n) is 18.8. The van der Waals surface area contributed by atoms with Crippen LogP contribution in [0.5, 0.6) is 0 Å². The second-order valence-corrected chi connectivity index (χ2v) is 30.1. The molecule has 3 aliphatic carbocycles. The molecule has 0 radical (unpaired) electrons. The number of fused-ring (bicyclic) bond motifs is 5. The van der Waals surface area contributed by atoms with Gasteiger partial charge in [0.1, 0.15) is 8.07 Å². The van der Waals surface area contributed by atoms with Crippen LogP contribution >= 0.6 is 23.2 Å². The van der Waals surface area contributed by atoms with Crippen LogP contribution < -0.4 is 5.38 Å². The van der Waals surface area contributed by atoms with Crippen molar-refractivity contribution in [2.75, 3.05) is 6.61 Å². The molecule has 1 saturated carbocycles. The molecule has 1 aromatic carbocycles. The first kappa shape index (κ1) is 40.8. The Kier molecular flexibility index (Phi) is 12.0. The lowest BCUT2D eigenvalue weighted by molar-refractivity contribution is -0.133. The first-order valence-electron chi connectivity index (χ1n) is 19.3. The molecule has 282 valence electrons. The molecular weight excluding hydrogens is 708 g/mol. The summed E-state index contributed by atoms with van der Waals surface area (Å²) < 4.78 is 18.8. The number of furan rings is 1. The number of halogens is 2. The number of rotatable bonds is 14. The Morgan fingerprint density at radius 2 is 1.63 bits per heavy atom. The van der Waals surface area contributed by atoms with Gasteiger partial charge in [-0.2, -0.15) is 0 Å². The van der Waals surface area contributed by atoms with Gasteiger partial charge in [-0.1, -0.05) is 140 Å². The van der Waals surface area contributed by atoms with E-state index in [4.69, 9.17) is 36.8 Å². The molecule has 2 aromatic rings. The predicted molar refractivity (Wildman–Crippen MR) is 220 cm³/mol. The van der Waals surface area contributed by atoms with Crippen LogP contribution in [0.25, 0.3) is 0 Å². The first-order valence-corrected chi connectivity index (χ1v) is 26.0. The summed E-state index contributed by atoms with van der Waals surface area (Å²) in [5.41, 5.74) is 4.13. The highest BCUT2D eigenvalue weighted by Gasteiger charge is 2.70. The maximum atomic E-state index is 13.4. The third-order valence-corrected chi connectivity index (χ3v) is 24.5. The summed E-state index contributed by atoms with van der Waals surface area (Å²) in [6.45, 7) is 29.1. The highest BCUT2D eigenvalue weighted by atomic mass is 35.5. The van der Waals surface area contributed by atoms with Gasteiger partial charge in [0, 0.05) is 24.4 Å². The van der Waals surface area contributed by atoms with Gasteiger partial charge in [-0.3, -0.25) is 4.79 Å². The van der Waals surface area contributed by atoms with Gasteiger partial charge in [0.05, 0.1) is 24.4 Å². The number of hydrogen-bond acceptors (Lipinski definition) is 4. The van der Waals surface area contributed by atoms with Gasteiger partial charge in [0.15, 0.2) is 18.4 Å². The molecule has 0 saturated heterocycles. The van der Waals surface area contributed by atoms with Crippen molar-refractivity contribution in [1.29, 1.82) is 0 Å². The zero-order chi connectivity index (χ0) is 37.6. The minimum absolute atomic E-state index is 0.000549. The van der Waals surface area contributed by atoms with E-state index in [0.717, 1.165) is 50.5 Å². The molecule has 51 heavy (non-hydrogen) atoms. The van der Waals surface area contributed by atoms with Crippen molar-refractivity contribution < 1.29 is 18.4 Å². The van der Waals surface area contributed by atoms with Crippen molar-refractivity contribution >= 4 is 50.8 Å². The Morgan fingerprint density at radius 3 is 2.22 bits per heavy atom. The zero-order valence-corrected chi connectivity index (χ0v) is 36.6. The van der Waals surface area contributed by atoms with Crippen LogP contribution in [0.4, 0.5) is 0 Å². The van der Waals surface area contributed by atoms with Crippen LogP contribution in [0.15, 0.2) is 65.3 Å². The molecule has 8 heteroatoms. The molecule has 0 unspecified atom stereocenters. The van der Waals surface area contributed by atoms with E-state index in [1.165, 1.54) is 22.3 Å². The Bertz CT molecular complexity index is 1580. The monoisotopic (exact) mass is 770 g/mol. The molecule has 1 spiro atoms. The van der Waals surface area contributed by atoms with E-state index < -0.39 is 26.1 Å². The lowest BCUT2D eigenvalue weighted by Crippen LogP contribution is -2.63. The summed E-state index contributed by atoms with van der Waals surface area (Å²) in [6.07, 6.45) is 13.8. The van der Waals surface area contributed by atoms with Crippen molar-refractivity contribution in [2.45, 2.75) is 152 Å². The summed E-state index contributed by atoms with van der Waals surface area (Å²) in [5.74, 6) is 0.537. The molecule has 1 aromatic heterocycles. The van der Waals surface area contributed by atoms with Gasteiger partial charge in [-0.25, -0.2) is 0 Å². The largest absolute Gasteiger partial charge is 0.474 e. The van der Waals surface area contributed by atoms with Gasteiger partial charge >= 0.3 is 0 Å². The highest BCUT2D eigenvalue weighted by molar-refractivity contribution is 6.91. The van der Waals surface area contributed by atoms with E-state index in [9.17, 15) is 4.79 Å². The standard InChI is InChI=1S/C43H64Cl2O4Si2/c1-12-20-32-31(23-18-13-14-19-24-47-28-30-21-16-15-17-22-30)25-35-38(49-51(10,11)41(5,6)7)37(32)34-29-48-39(50(8,9)40(2,3)4)33(34)26-42(35)27-36(46)43(42,44)45/h12,15-17,21-22,25,29,31-32,37-38H,1,13-14,18-20,23-24,26-28H2,2-11H3/t31-,32+,37+,38+,42-/m1/s1. The number of alkyl halides is 2. The number of benzene rings is 1. The first-order chi connectivity index (χ1) is 23.7. The number of allylic oxidation sites excluding steroid dienone is 2. The molecule has 0 N–H and O–H groups in total. The van der Waals surface area contributed by atoms with Gasteiger partial charge in [0.2, 0.25) is 0 Å². The molecule has 0 aliphatic heterocycles. The molecule has 1 heterocycles. The number of hydrogen-bond donors (Lipinski definition) is 0. The number of unbranched alkanes of at least 4 members (excludes halogenated alkanes) is 3. The maximum absolute atomic E-state index is 13.4. The predicted octanol–water partition coefficient (Wildman–Crippen LogP) is 12.1. The van der Waals surface area contributed by atoms with Crippen LogP contribution in [0, 0.1) is 17.3 Å². The lowest BCUT2D eigenvalue weighted by atomic mass is 9.55. The quantitative estimate of drug-likeness (QED) is 0.0831. The summed E-state index contributed by atoms with van der Waals surface area (Å²) in [4.78, 5) is 13.4. The average Bonchev–Trinajstić information content (AvgIpc) is 3.42. The second kappa shape index (κ2) is 15.0. The zero-order valence-electron chi connectivity index (χ0n) is 33.1. The lowest BCUT2D eigenvalue weighted by Gasteiger charge is -2.56. The van der Waals surface area contributed by atoms with Crippen LogP contribution in [0.2, 0.25) is 36.3 Å². The maximum Gasteiger partial charge on any atom is 0.192 e. The van der Waals surface area contributed by atoms with Gasteiger partial charge in [-0.15, -0.1) is 6.58 Å². The Hall–Kier alpha value is -1.42. The van der Waals surface area contributed by atoms with Crippen molar-refractivity contribution in [2.24, 2.45) is 17.3 Å². The molecule has 1 fully saturated rings. The van der Waals surface area contributed by atoms with E-state index in [1.54, 1.807) is 0 Å². The molecule has 4 nitrogen and oxygen atoms in total. The number of ether oxygens (including phenoxy) is 1. The summed E-state index contributed by atoms with van der Waals surface area (Å²) in [5, 5.41) is 1.18. The van der Waals surface area contributed by atoms with Crippen molar-refractivity contribution in [3.8, 4) is 0 Å². The van der Waals surface area contributed by atoms with E-state index >= 15 is 0 Å². The van der Waals surface area contributed by atoms with Crippen molar-refractivity contribution in [3.05, 3.63) is 77.6 Å². The van der Waals surface area contributed by atoms with Crippen LogP contribution in [0.3, 0.4) is 0 Å². The van der Waals surface area contributed by atoms with Crippen LogP contribution in [-0.2, 0) is 27.0 Å². The molecule has 0 amide bonds. The number of carbonyl (C=O) groups excluding carboxylic acids is 1. The van der Waals surface area contributed by atoms with Crippen LogP contribution in [-0.4, -0.2) is 39.2 Å². The molecule has 3 aliphatic rings. The van der Waals surface area contributed by atoms with E-state index in [2.05, 4.69) is 117 Å². The van der Waals surface area contributed by atoms with E-state index in [-0.39, 0.29) is 39.7 Å². The van der Waals surface area contributed by atoms with E-state index in [1.807, 2.05) is 6.07 Å². The summed E-state index contributed by atoms with van der Waals surface area (Å²) in [7, 11) is -4.42. The van der Waals surface area contributed by atoms with Crippen molar-refractivity contribution in [1.82, 2.24) is 0 Å². The third-order valence-electron chi connectivity index (χ3n) is 13.6. The van der Waals surface area contributed by atoms with E-state index in [0.29, 0.717) is 19.4 Å². The van der Waals surface area contributed by atoms with Gasteiger partial charge in [-0.05, 0) is 83.0 Å². The minimum atomic E-state index is -2.29.